The SMILES string of the molecule is CCC[C@@H]1C(=O)OC[C@@H]1Cc1cncn1C.Cl. The average molecular weight is 259 g/mol. The standard InChI is InChI=1S/C12H18N2O2.ClH/c1-3-4-11-9(7-16-12(11)15)5-10-6-13-8-14(10)2;/h6,8-9,11H,3-5,7H2,1-2H3;1H/t9-,11-;/m0./s1. The molecule has 1 aliphatic heterocycles. The number of aromatic nitrogens is 2. The maximum atomic E-state index is 11.5. The zero-order valence-electron chi connectivity index (χ0n) is 10.3. The number of halogens is 1. The highest BCUT2D eigenvalue weighted by molar-refractivity contribution is 5.85. The molecule has 2 heterocycles. The molecule has 0 bridgehead atoms. The van der Waals surface area contributed by atoms with Gasteiger partial charge < -0.3 is 9.30 Å². The molecule has 0 spiro atoms. The van der Waals surface area contributed by atoms with Crippen molar-refractivity contribution in [1.29, 1.82) is 0 Å². The van der Waals surface area contributed by atoms with Crippen molar-refractivity contribution in [3.63, 3.8) is 0 Å². The summed E-state index contributed by atoms with van der Waals surface area (Å²) in [4.78, 5) is 15.6. The predicted molar refractivity (Wildman–Crippen MR) is 67.0 cm³/mol. The third-order valence-corrected chi connectivity index (χ3v) is 3.30. The smallest absolute Gasteiger partial charge is 0.309 e. The van der Waals surface area contributed by atoms with E-state index in [1.165, 1.54) is 5.69 Å². The van der Waals surface area contributed by atoms with Gasteiger partial charge in [-0.25, -0.2) is 4.98 Å². The zero-order chi connectivity index (χ0) is 11.5. The fourth-order valence-electron chi connectivity index (χ4n) is 2.32. The number of imidazole rings is 1. The van der Waals surface area contributed by atoms with Crippen LogP contribution < -0.4 is 0 Å². The van der Waals surface area contributed by atoms with E-state index in [2.05, 4.69) is 11.9 Å². The molecule has 17 heavy (non-hydrogen) atoms. The Hall–Kier alpha value is -1.03. The zero-order valence-corrected chi connectivity index (χ0v) is 11.1. The Morgan fingerprint density at radius 1 is 1.59 bits per heavy atom. The minimum Gasteiger partial charge on any atom is -0.465 e. The van der Waals surface area contributed by atoms with Crippen LogP contribution in [0.2, 0.25) is 0 Å². The van der Waals surface area contributed by atoms with Gasteiger partial charge in [0.05, 0.1) is 18.9 Å². The Labute approximate surface area is 108 Å². The second kappa shape index (κ2) is 6.05. The first kappa shape index (κ1) is 14.0. The van der Waals surface area contributed by atoms with Crippen molar-refractivity contribution in [2.75, 3.05) is 6.61 Å². The summed E-state index contributed by atoms with van der Waals surface area (Å²) in [5, 5.41) is 0. The molecule has 2 rings (SSSR count). The first-order valence-electron chi connectivity index (χ1n) is 5.84. The third-order valence-electron chi connectivity index (χ3n) is 3.30. The van der Waals surface area contributed by atoms with Crippen molar-refractivity contribution < 1.29 is 9.53 Å². The van der Waals surface area contributed by atoms with Crippen molar-refractivity contribution in [1.82, 2.24) is 9.55 Å². The van der Waals surface area contributed by atoms with Crippen LogP contribution in [0.5, 0.6) is 0 Å². The van der Waals surface area contributed by atoms with E-state index >= 15 is 0 Å². The fourth-order valence-corrected chi connectivity index (χ4v) is 2.32. The van der Waals surface area contributed by atoms with Crippen molar-refractivity contribution >= 4 is 18.4 Å². The first-order chi connectivity index (χ1) is 7.72. The topological polar surface area (TPSA) is 44.1 Å². The molecule has 0 unspecified atom stereocenters. The van der Waals surface area contributed by atoms with Crippen LogP contribution in [-0.2, 0) is 23.0 Å². The summed E-state index contributed by atoms with van der Waals surface area (Å²) in [5.41, 5.74) is 1.17. The molecule has 0 saturated carbocycles. The molecule has 1 aliphatic rings. The summed E-state index contributed by atoms with van der Waals surface area (Å²) in [5.74, 6) is 0.386. The quantitative estimate of drug-likeness (QED) is 0.776. The number of hydrogen-bond acceptors (Lipinski definition) is 3. The minimum atomic E-state index is -0.0194. The van der Waals surface area contributed by atoms with Gasteiger partial charge in [0.1, 0.15) is 0 Å². The van der Waals surface area contributed by atoms with Crippen LogP contribution in [-0.4, -0.2) is 22.1 Å². The largest absolute Gasteiger partial charge is 0.465 e. The van der Waals surface area contributed by atoms with Gasteiger partial charge in [0.2, 0.25) is 0 Å². The van der Waals surface area contributed by atoms with Crippen LogP contribution in [0.3, 0.4) is 0 Å². The molecule has 1 fully saturated rings. The first-order valence-corrected chi connectivity index (χ1v) is 5.84. The van der Waals surface area contributed by atoms with Crippen molar-refractivity contribution in [3.8, 4) is 0 Å². The lowest BCUT2D eigenvalue weighted by molar-refractivity contribution is -0.141. The highest BCUT2D eigenvalue weighted by atomic mass is 35.5. The number of esters is 1. The number of hydrogen-bond donors (Lipinski definition) is 0. The van der Waals surface area contributed by atoms with Crippen LogP contribution in [0.25, 0.3) is 0 Å². The monoisotopic (exact) mass is 258 g/mol. The second-order valence-corrected chi connectivity index (χ2v) is 4.49. The minimum absolute atomic E-state index is 0. The molecule has 5 heteroatoms. The van der Waals surface area contributed by atoms with Gasteiger partial charge in [-0.2, -0.15) is 0 Å². The lowest BCUT2D eigenvalue weighted by atomic mass is 9.88. The van der Waals surface area contributed by atoms with Gasteiger partial charge in [-0.05, 0) is 12.8 Å². The van der Waals surface area contributed by atoms with Crippen molar-refractivity contribution in [2.45, 2.75) is 26.2 Å². The molecule has 1 aromatic rings. The molecule has 2 atom stereocenters. The fraction of sp³-hybridized carbons (Fsp3) is 0.667. The van der Waals surface area contributed by atoms with E-state index in [0.29, 0.717) is 12.5 Å². The summed E-state index contributed by atoms with van der Waals surface area (Å²) in [6.07, 6.45) is 6.50. The van der Waals surface area contributed by atoms with Gasteiger partial charge >= 0.3 is 5.97 Å². The summed E-state index contributed by atoms with van der Waals surface area (Å²) in [6.45, 7) is 2.67. The molecular weight excluding hydrogens is 240 g/mol. The van der Waals surface area contributed by atoms with E-state index < -0.39 is 0 Å². The predicted octanol–water partition coefficient (Wildman–Crippen LogP) is 1.97. The van der Waals surface area contributed by atoms with Gasteiger partial charge in [0.15, 0.2) is 0 Å². The highest BCUT2D eigenvalue weighted by Gasteiger charge is 2.36. The second-order valence-electron chi connectivity index (χ2n) is 4.49. The molecule has 1 saturated heterocycles. The van der Waals surface area contributed by atoms with Gasteiger partial charge in [-0.1, -0.05) is 13.3 Å². The van der Waals surface area contributed by atoms with Crippen LogP contribution >= 0.6 is 12.4 Å². The lowest BCUT2D eigenvalue weighted by Gasteiger charge is -2.14. The summed E-state index contributed by atoms with van der Waals surface area (Å²) < 4.78 is 7.16. The number of aryl methyl sites for hydroxylation is 1. The molecular formula is C12H19ClN2O2. The van der Waals surface area contributed by atoms with Gasteiger partial charge in [-0.3, -0.25) is 4.79 Å². The molecule has 4 nitrogen and oxygen atoms in total. The summed E-state index contributed by atoms with van der Waals surface area (Å²) >= 11 is 0. The van der Waals surface area contributed by atoms with E-state index in [0.717, 1.165) is 19.3 Å². The van der Waals surface area contributed by atoms with E-state index in [1.54, 1.807) is 6.33 Å². The third kappa shape index (κ3) is 3.00. The van der Waals surface area contributed by atoms with Gasteiger partial charge in [0, 0.05) is 24.9 Å². The Balaban J connectivity index is 0.00000144. The van der Waals surface area contributed by atoms with E-state index in [9.17, 15) is 4.79 Å². The molecule has 0 N–H and O–H groups in total. The highest BCUT2D eigenvalue weighted by Crippen LogP contribution is 2.29. The molecule has 0 radical (unpaired) electrons. The average Bonchev–Trinajstić information content (AvgIpc) is 2.80. The Morgan fingerprint density at radius 3 is 2.94 bits per heavy atom. The van der Waals surface area contributed by atoms with Crippen LogP contribution in [0.15, 0.2) is 12.5 Å². The number of carbonyl (C=O) groups is 1. The molecule has 1 aromatic heterocycles. The van der Waals surface area contributed by atoms with Crippen LogP contribution in [0.1, 0.15) is 25.5 Å². The summed E-state index contributed by atoms with van der Waals surface area (Å²) in [7, 11) is 1.98. The Kier molecular flexibility index (Phi) is 5.00. The number of rotatable bonds is 4. The lowest BCUT2D eigenvalue weighted by Crippen LogP contribution is -2.18. The van der Waals surface area contributed by atoms with Gasteiger partial charge in [-0.15, -0.1) is 12.4 Å². The number of nitrogens with zero attached hydrogens (tertiary/aromatic N) is 2. The number of ether oxygens (including phenoxy) is 1. The number of carbonyl (C=O) groups excluding carboxylic acids is 1. The van der Waals surface area contributed by atoms with E-state index in [4.69, 9.17) is 4.74 Å². The normalized spacial score (nSPS) is 23.3. The maximum absolute atomic E-state index is 11.5. The van der Waals surface area contributed by atoms with Crippen LogP contribution in [0, 0.1) is 11.8 Å². The van der Waals surface area contributed by atoms with Gasteiger partial charge in [0.25, 0.3) is 0 Å². The Bertz CT molecular complexity index is 378. The van der Waals surface area contributed by atoms with Crippen molar-refractivity contribution in [2.24, 2.45) is 18.9 Å². The van der Waals surface area contributed by atoms with E-state index in [-0.39, 0.29) is 24.3 Å². The Morgan fingerprint density at radius 2 is 2.35 bits per heavy atom. The maximum Gasteiger partial charge on any atom is 0.309 e. The summed E-state index contributed by atoms with van der Waals surface area (Å²) in [6, 6.07) is 0. The number of cyclic esters (lactones) is 1. The molecule has 0 aromatic carbocycles. The van der Waals surface area contributed by atoms with Crippen molar-refractivity contribution in [3.05, 3.63) is 18.2 Å². The molecule has 96 valence electrons. The van der Waals surface area contributed by atoms with E-state index in [1.807, 2.05) is 17.8 Å². The molecule has 0 aliphatic carbocycles. The molecule has 0 amide bonds. The van der Waals surface area contributed by atoms with Crippen LogP contribution in [0.4, 0.5) is 0 Å².